The van der Waals surface area contributed by atoms with Crippen molar-refractivity contribution >= 4 is 12.0 Å². The van der Waals surface area contributed by atoms with Crippen molar-refractivity contribution in [2.24, 2.45) is 0 Å². The first-order valence-electron chi connectivity index (χ1n) is 11.2. The van der Waals surface area contributed by atoms with Gasteiger partial charge in [0, 0.05) is 30.5 Å². The van der Waals surface area contributed by atoms with Gasteiger partial charge in [-0.1, -0.05) is 6.07 Å². The number of hydrogen-bond acceptors (Lipinski definition) is 7. The summed E-state index contributed by atoms with van der Waals surface area (Å²) in [6.07, 6.45) is -0.578. The number of likely N-dealkylation sites (tertiary alicyclic amines) is 1. The number of amides is 2. The summed E-state index contributed by atoms with van der Waals surface area (Å²) in [7, 11) is 0. The molecule has 2 aliphatic rings. The summed E-state index contributed by atoms with van der Waals surface area (Å²) in [6, 6.07) is 4.74. The number of benzene rings is 1. The van der Waals surface area contributed by atoms with Gasteiger partial charge in [0.15, 0.2) is 0 Å². The first kappa shape index (κ1) is 23.6. The smallest absolute Gasteiger partial charge is 0.465 e. The van der Waals surface area contributed by atoms with Crippen LogP contribution in [0.5, 0.6) is 5.75 Å². The van der Waals surface area contributed by atoms with Gasteiger partial charge >= 0.3 is 24.3 Å². The molecule has 190 valence electrons. The van der Waals surface area contributed by atoms with Crippen LogP contribution in [0.4, 0.5) is 18.0 Å². The van der Waals surface area contributed by atoms with E-state index in [-0.39, 0.29) is 29.8 Å². The maximum Gasteiger partial charge on any atom is 0.573 e. The lowest BCUT2D eigenvalue weighted by atomic mass is 10.0. The first-order chi connectivity index (χ1) is 17.2. The summed E-state index contributed by atoms with van der Waals surface area (Å²) in [5, 5.41) is 24.0. The van der Waals surface area contributed by atoms with Gasteiger partial charge in [-0.25, -0.2) is 4.79 Å². The molecule has 2 N–H and O–H groups in total. The minimum absolute atomic E-state index is 0.0661. The number of alkyl halides is 3. The Kier molecular flexibility index (Phi) is 6.02. The molecule has 1 saturated carbocycles. The number of aromatic nitrogens is 4. The van der Waals surface area contributed by atoms with Crippen molar-refractivity contribution in [3.05, 3.63) is 48.1 Å². The maximum absolute atomic E-state index is 12.8. The summed E-state index contributed by atoms with van der Waals surface area (Å²) in [5.41, 5.74) is 0.998. The van der Waals surface area contributed by atoms with Gasteiger partial charge in [0.05, 0.1) is 12.6 Å². The minimum Gasteiger partial charge on any atom is -0.465 e. The summed E-state index contributed by atoms with van der Waals surface area (Å²) >= 11 is 0. The number of ether oxygens (including phenoxy) is 1. The van der Waals surface area contributed by atoms with Crippen molar-refractivity contribution in [3.8, 4) is 17.2 Å². The van der Waals surface area contributed by atoms with Crippen LogP contribution in [-0.2, 0) is 6.54 Å². The number of rotatable bonds is 7. The molecule has 0 radical (unpaired) electrons. The highest BCUT2D eigenvalue weighted by atomic mass is 19.4. The van der Waals surface area contributed by atoms with E-state index in [1.165, 1.54) is 17.0 Å². The van der Waals surface area contributed by atoms with E-state index in [9.17, 15) is 27.9 Å². The van der Waals surface area contributed by atoms with Crippen LogP contribution < -0.4 is 10.1 Å². The van der Waals surface area contributed by atoms with Crippen LogP contribution in [0.15, 0.2) is 41.1 Å². The van der Waals surface area contributed by atoms with E-state index in [0.717, 1.165) is 24.5 Å². The number of halogens is 3. The highest BCUT2D eigenvalue weighted by Gasteiger charge is 2.37. The molecule has 3 aromatic rings. The third-order valence-electron chi connectivity index (χ3n) is 6.08. The average Bonchev–Trinajstić information content (AvgIpc) is 3.19. The Morgan fingerprint density at radius 3 is 2.72 bits per heavy atom. The summed E-state index contributed by atoms with van der Waals surface area (Å²) in [6.45, 7) is 0.396. The molecule has 0 bridgehead atoms. The molecule has 5 rings (SSSR count). The molecule has 1 saturated heterocycles. The topological polar surface area (TPSA) is 136 Å². The predicted octanol–water partition coefficient (Wildman–Crippen LogP) is 3.26. The zero-order chi connectivity index (χ0) is 25.4. The number of nitrogens with zero attached hydrogens (tertiary/aromatic N) is 5. The molecule has 2 amide bonds. The lowest BCUT2D eigenvalue weighted by molar-refractivity contribution is -0.274. The van der Waals surface area contributed by atoms with Crippen LogP contribution in [-0.4, -0.2) is 67.0 Å². The predicted molar refractivity (Wildman–Crippen MR) is 115 cm³/mol. The normalized spacial score (nSPS) is 19.9. The van der Waals surface area contributed by atoms with Crippen molar-refractivity contribution in [2.75, 3.05) is 6.54 Å². The van der Waals surface area contributed by atoms with E-state index >= 15 is 0 Å². The van der Waals surface area contributed by atoms with E-state index in [0.29, 0.717) is 13.0 Å². The molecule has 2 atom stereocenters. The standard InChI is InChI=1S/C22H21F3N6O5/c23-22(24,25)36-15-4-5-16(12-2-3-12)17(9-15)19-28-29-20(35-19)18(32)27-13-8-14(31(10-13)21(33)34)11-30-7-1-6-26-30/h1,4-7,9,12-14H,2-3,8,10-11H2,(H,27,32)(H,33,34)/t13-,14+/m1/s1. The van der Waals surface area contributed by atoms with Crippen LogP contribution in [0.1, 0.15) is 41.4 Å². The molecule has 1 aliphatic carbocycles. The van der Waals surface area contributed by atoms with Gasteiger partial charge in [-0.05, 0) is 48.9 Å². The van der Waals surface area contributed by atoms with Gasteiger partial charge in [0.1, 0.15) is 5.75 Å². The quantitative estimate of drug-likeness (QED) is 0.499. The Balaban J connectivity index is 1.30. The number of carboxylic acid groups (broad SMARTS) is 1. The molecule has 1 aliphatic heterocycles. The van der Waals surface area contributed by atoms with E-state index in [1.807, 2.05) is 0 Å². The molecule has 1 aromatic carbocycles. The average molecular weight is 506 g/mol. The van der Waals surface area contributed by atoms with E-state index in [2.05, 4.69) is 25.3 Å². The van der Waals surface area contributed by atoms with Crippen molar-refractivity contribution in [1.82, 2.24) is 30.2 Å². The third-order valence-corrected chi connectivity index (χ3v) is 6.08. The van der Waals surface area contributed by atoms with Gasteiger partial charge in [-0.15, -0.1) is 23.4 Å². The zero-order valence-electron chi connectivity index (χ0n) is 18.7. The van der Waals surface area contributed by atoms with Crippen molar-refractivity contribution < 1.29 is 37.0 Å². The first-order valence-corrected chi connectivity index (χ1v) is 11.2. The second-order valence-electron chi connectivity index (χ2n) is 8.71. The molecule has 2 fully saturated rings. The lowest BCUT2D eigenvalue weighted by Gasteiger charge is -2.20. The lowest BCUT2D eigenvalue weighted by Crippen LogP contribution is -2.39. The van der Waals surface area contributed by atoms with E-state index in [1.54, 1.807) is 23.1 Å². The third kappa shape index (κ3) is 5.26. The van der Waals surface area contributed by atoms with Crippen molar-refractivity contribution in [1.29, 1.82) is 0 Å². The number of nitrogens with one attached hydrogen (secondary N) is 1. The Bertz CT molecular complexity index is 1260. The molecule has 0 spiro atoms. The molecule has 36 heavy (non-hydrogen) atoms. The van der Waals surface area contributed by atoms with Gasteiger partial charge in [0.2, 0.25) is 5.89 Å². The Morgan fingerprint density at radius 1 is 1.25 bits per heavy atom. The Hall–Kier alpha value is -4.10. The fraction of sp³-hybridized carbons (Fsp3) is 0.409. The van der Waals surface area contributed by atoms with Gasteiger partial charge in [-0.2, -0.15) is 5.10 Å². The molecule has 2 aromatic heterocycles. The fourth-order valence-electron chi connectivity index (χ4n) is 4.39. The van der Waals surface area contributed by atoms with Crippen molar-refractivity contribution in [3.63, 3.8) is 0 Å². The minimum atomic E-state index is -4.86. The van der Waals surface area contributed by atoms with Gasteiger partial charge < -0.3 is 24.5 Å². The van der Waals surface area contributed by atoms with Gasteiger partial charge in [0.25, 0.3) is 0 Å². The molecule has 11 nitrogen and oxygen atoms in total. The summed E-state index contributed by atoms with van der Waals surface area (Å²) < 4.78 is 49.2. The Morgan fingerprint density at radius 2 is 2.06 bits per heavy atom. The van der Waals surface area contributed by atoms with E-state index < -0.39 is 36.2 Å². The SMILES string of the molecule is O=C(N[C@@H]1C[C@@H](Cn2cccn2)N(C(=O)O)C1)c1nnc(-c2cc(OC(F)(F)F)ccc2C2CC2)o1. The largest absolute Gasteiger partial charge is 0.573 e. The zero-order valence-corrected chi connectivity index (χ0v) is 18.7. The van der Waals surface area contributed by atoms with Crippen LogP contribution in [0.2, 0.25) is 0 Å². The van der Waals surface area contributed by atoms with Crippen LogP contribution in [0, 0.1) is 0 Å². The van der Waals surface area contributed by atoms with Crippen molar-refractivity contribution in [2.45, 2.75) is 50.2 Å². The maximum atomic E-state index is 12.8. The second kappa shape index (κ2) is 9.17. The van der Waals surface area contributed by atoms with E-state index in [4.69, 9.17) is 4.42 Å². The molecular weight excluding hydrogens is 485 g/mol. The van der Waals surface area contributed by atoms with Gasteiger partial charge in [-0.3, -0.25) is 9.48 Å². The monoisotopic (exact) mass is 506 g/mol. The fourth-order valence-corrected chi connectivity index (χ4v) is 4.39. The molecule has 0 unspecified atom stereocenters. The molecule has 14 heteroatoms. The number of carbonyl (C=O) groups is 2. The van der Waals surface area contributed by atoms with Crippen LogP contribution in [0.25, 0.3) is 11.5 Å². The van der Waals surface area contributed by atoms with Crippen LogP contribution in [0.3, 0.4) is 0 Å². The second-order valence-corrected chi connectivity index (χ2v) is 8.71. The van der Waals surface area contributed by atoms with Crippen LogP contribution >= 0.6 is 0 Å². The Labute approximate surface area is 201 Å². The number of hydrogen-bond donors (Lipinski definition) is 2. The molecule has 3 heterocycles. The highest BCUT2D eigenvalue weighted by molar-refractivity contribution is 5.90. The summed E-state index contributed by atoms with van der Waals surface area (Å²) in [5.74, 6) is -1.49. The molecular formula is C22H21F3N6O5. The summed E-state index contributed by atoms with van der Waals surface area (Å²) in [4.78, 5) is 25.7. The number of carbonyl (C=O) groups excluding carboxylic acids is 1. The highest BCUT2D eigenvalue weighted by Crippen LogP contribution is 2.45.